The summed E-state index contributed by atoms with van der Waals surface area (Å²) in [6.45, 7) is 4.15. The minimum atomic E-state index is 1.01. The van der Waals surface area contributed by atoms with E-state index in [-0.39, 0.29) is 0 Å². The largest absolute Gasteiger partial charge is 0.256 e. The lowest BCUT2D eigenvalue weighted by Crippen LogP contribution is -1.87. The van der Waals surface area contributed by atoms with Crippen molar-refractivity contribution in [1.29, 1.82) is 0 Å². The van der Waals surface area contributed by atoms with Crippen LogP contribution in [0, 0.1) is 13.8 Å². The zero-order chi connectivity index (χ0) is 9.68. The summed E-state index contributed by atoms with van der Waals surface area (Å²) in [5, 5.41) is 1.01. The molecule has 0 aliphatic heterocycles. The van der Waals surface area contributed by atoms with Crippen molar-refractivity contribution in [3.8, 4) is 0 Å². The first-order chi connectivity index (χ1) is 6.24. The van der Waals surface area contributed by atoms with E-state index >= 15 is 0 Å². The molecule has 0 aromatic carbocycles. The molecule has 2 heteroatoms. The SMILES string of the molecule is Cc1cnc(C=CCCBr)c(C)c1. The minimum Gasteiger partial charge on any atom is -0.256 e. The fourth-order valence-electron chi connectivity index (χ4n) is 1.16. The molecule has 0 bridgehead atoms. The molecule has 1 nitrogen and oxygen atoms in total. The Kier molecular flexibility index (Phi) is 4.16. The van der Waals surface area contributed by atoms with Crippen molar-refractivity contribution >= 4 is 22.0 Å². The zero-order valence-corrected chi connectivity index (χ0v) is 9.63. The fraction of sp³-hybridized carbons (Fsp3) is 0.364. The highest BCUT2D eigenvalue weighted by atomic mass is 79.9. The van der Waals surface area contributed by atoms with Gasteiger partial charge in [0.2, 0.25) is 0 Å². The summed E-state index contributed by atoms with van der Waals surface area (Å²) < 4.78 is 0. The second-order valence-electron chi connectivity index (χ2n) is 3.09. The molecule has 1 aromatic rings. The Bertz CT molecular complexity index is 305. The van der Waals surface area contributed by atoms with Crippen molar-refractivity contribution in [3.05, 3.63) is 35.2 Å². The number of aromatic nitrogens is 1. The van der Waals surface area contributed by atoms with Crippen LogP contribution in [-0.4, -0.2) is 10.3 Å². The van der Waals surface area contributed by atoms with Gasteiger partial charge >= 0.3 is 0 Å². The van der Waals surface area contributed by atoms with E-state index in [4.69, 9.17) is 0 Å². The summed E-state index contributed by atoms with van der Waals surface area (Å²) in [7, 11) is 0. The van der Waals surface area contributed by atoms with Gasteiger partial charge in [-0.1, -0.05) is 28.1 Å². The number of hydrogen-bond donors (Lipinski definition) is 0. The van der Waals surface area contributed by atoms with E-state index in [9.17, 15) is 0 Å². The van der Waals surface area contributed by atoms with E-state index < -0.39 is 0 Å². The Balaban J connectivity index is 2.77. The summed E-state index contributed by atoms with van der Waals surface area (Å²) in [5.74, 6) is 0. The molecular weight excluding hydrogens is 226 g/mol. The number of allylic oxidation sites excluding steroid dienone is 1. The second-order valence-corrected chi connectivity index (χ2v) is 3.89. The van der Waals surface area contributed by atoms with Crippen LogP contribution < -0.4 is 0 Å². The van der Waals surface area contributed by atoms with Gasteiger partial charge in [0, 0.05) is 11.5 Å². The Labute approximate surface area is 88.0 Å². The lowest BCUT2D eigenvalue weighted by molar-refractivity contribution is 1.19. The monoisotopic (exact) mass is 239 g/mol. The van der Waals surface area contributed by atoms with E-state index in [1.54, 1.807) is 0 Å². The van der Waals surface area contributed by atoms with E-state index in [0.717, 1.165) is 17.4 Å². The summed E-state index contributed by atoms with van der Waals surface area (Å²) >= 11 is 3.38. The summed E-state index contributed by atoms with van der Waals surface area (Å²) in [6.07, 6.45) is 7.17. The second kappa shape index (κ2) is 5.18. The van der Waals surface area contributed by atoms with Crippen molar-refractivity contribution in [2.45, 2.75) is 20.3 Å². The molecule has 70 valence electrons. The van der Waals surface area contributed by atoms with Crippen molar-refractivity contribution in [1.82, 2.24) is 4.98 Å². The van der Waals surface area contributed by atoms with Gasteiger partial charge in [0.05, 0.1) is 5.69 Å². The number of rotatable bonds is 3. The molecule has 0 spiro atoms. The lowest BCUT2D eigenvalue weighted by Gasteiger charge is -1.99. The van der Waals surface area contributed by atoms with Crippen LogP contribution in [0.5, 0.6) is 0 Å². The summed E-state index contributed by atoms with van der Waals surface area (Å²) in [6, 6.07) is 2.15. The third kappa shape index (κ3) is 3.31. The molecule has 1 heterocycles. The Morgan fingerprint density at radius 3 is 2.85 bits per heavy atom. The maximum Gasteiger partial charge on any atom is 0.0655 e. The maximum atomic E-state index is 4.35. The number of nitrogens with zero attached hydrogens (tertiary/aromatic N) is 1. The van der Waals surface area contributed by atoms with Gasteiger partial charge < -0.3 is 0 Å². The van der Waals surface area contributed by atoms with Crippen LogP contribution in [0.4, 0.5) is 0 Å². The summed E-state index contributed by atoms with van der Waals surface area (Å²) in [4.78, 5) is 4.35. The van der Waals surface area contributed by atoms with Crippen LogP contribution in [-0.2, 0) is 0 Å². The third-order valence-corrected chi connectivity index (χ3v) is 2.26. The standard InChI is InChI=1S/C11H14BrN/c1-9-7-10(2)11(13-8-9)5-3-4-6-12/h3,5,7-8H,4,6H2,1-2H3. The molecule has 0 aliphatic carbocycles. The molecule has 0 fully saturated rings. The topological polar surface area (TPSA) is 12.9 Å². The molecule has 0 unspecified atom stereocenters. The fourth-order valence-corrected chi connectivity index (χ4v) is 1.42. The molecule has 1 aromatic heterocycles. The molecule has 0 amide bonds. The first kappa shape index (κ1) is 10.5. The molecule has 1 rings (SSSR count). The van der Waals surface area contributed by atoms with Gasteiger partial charge in [0.25, 0.3) is 0 Å². The lowest BCUT2D eigenvalue weighted by atomic mass is 10.1. The van der Waals surface area contributed by atoms with E-state index in [1.165, 1.54) is 11.1 Å². The summed E-state index contributed by atoms with van der Waals surface area (Å²) in [5.41, 5.74) is 3.53. The van der Waals surface area contributed by atoms with E-state index in [1.807, 2.05) is 6.20 Å². The van der Waals surface area contributed by atoms with Crippen molar-refractivity contribution < 1.29 is 0 Å². The van der Waals surface area contributed by atoms with Crippen LogP contribution in [0.2, 0.25) is 0 Å². The van der Waals surface area contributed by atoms with Crippen LogP contribution in [0.15, 0.2) is 18.3 Å². The predicted molar refractivity (Wildman–Crippen MR) is 61.2 cm³/mol. The molecular formula is C11H14BrN. The number of aryl methyl sites for hydroxylation is 2. The average Bonchev–Trinajstić information content (AvgIpc) is 2.09. The molecule has 0 radical (unpaired) electrons. The molecule has 0 saturated heterocycles. The van der Waals surface area contributed by atoms with Crippen molar-refractivity contribution in [3.63, 3.8) is 0 Å². The predicted octanol–water partition coefficient (Wildman–Crippen LogP) is 3.50. The molecule has 0 N–H and O–H groups in total. The molecule has 0 aliphatic rings. The van der Waals surface area contributed by atoms with Crippen molar-refractivity contribution in [2.24, 2.45) is 0 Å². The maximum absolute atomic E-state index is 4.35. The van der Waals surface area contributed by atoms with Gasteiger partial charge in [-0.05, 0) is 37.5 Å². The third-order valence-electron chi connectivity index (χ3n) is 1.81. The van der Waals surface area contributed by atoms with Gasteiger partial charge in [-0.2, -0.15) is 0 Å². The minimum absolute atomic E-state index is 1.01. The molecule has 0 atom stereocenters. The number of alkyl halides is 1. The average molecular weight is 240 g/mol. The highest BCUT2D eigenvalue weighted by Crippen LogP contribution is 2.08. The first-order valence-electron chi connectivity index (χ1n) is 4.40. The molecule has 13 heavy (non-hydrogen) atoms. The highest BCUT2D eigenvalue weighted by Gasteiger charge is 1.94. The normalized spacial score (nSPS) is 11.0. The Morgan fingerprint density at radius 2 is 2.23 bits per heavy atom. The number of pyridine rings is 1. The Morgan fingerprint density at radius 1 is 1.46 bits per heavy atom. The van der Waals surface area contributed by atoms with Crippen molar-refractivity contribution in [2.75, 3.05) is 5.33 Å². The van der Waals surface area contributed by atoms with Gasteiger partial charge in [0.1, 0.15) is 0 Å². The van der Waals surface area contributed by atoms with Crippen LogP contribution in [0.25, 0.3) is 6.08 Å². The van der Waals surface area contributed by atoms with Gasteiger partial charge in [-0.15, -0.1) is 0 Å². The van der Waals surface area contributed by atoms with Crippen LogP contribution in [0.3, 0.4) is 0 Å². The van der Waals surface area contributed by atoms with Gasteiger partial charge in [-0.3, -0.25) is 4.98 Å². The smallest absolute Gasteiger partial charge is 0.0655 e. The van der Waals surface area contributed by atoms with E-state index in [0.29, 0.717) is 0 Å². The number of hydrogen-bond acceptors (Lipinski definition) is 1. The quantitative estimate of drug-likeness (QED) is 0.737. The van der Waals surface area contributed by atoms with Gasteiger partial charge in [-0.25, -0.2) is 0 Å². The van der Waals surface area contributed by atoms with Gasteiger partial charge in [0.15, 0.2) is 0 Å². The zero-order valence-electron chi connectivity index (χ0n) is 8.05. The van der Waals surface area contributed by atoms with E-state index in [2.05, 4.69) is 53.0 Å². The highest BCUT2D eigenvalue weighted by molar-refractivity contribution is 9.09. The van der Waals surface area contributed by atoms with Crippen LogP contribution in [0.1, 0.15) is 23.2 Å². The Hall–Kier alpha value is -0.630. The molecule has 0 saturated carbocycles. The first-order valence-corrected chi connectivity index (χ1v) is 5.52. The van der Waals surface area contributed by atoms with Crippen LogP contribution >= 0.6 is 15.9 Å². The number of halogens is 1.